The first kappa shape index (κ1) is 14.9. The minimum atomic E-state index is 0.799. The lowest BCUT2D eigenvalue weighted by Gasteiger charge is -2.02. The molecule has 0 saturated heterocycles. The summed E-state index contributed by atoms with van der Waals surface area (Å²) in [6.07, 6.45) is 9.41. The van der Waals surface area contributed by atoms with Crippen LogP contribution < -0.4 is 0 Å². The van der Waals surface area contributed by atoms with E-state index >= 15 is 0 Å². The molecule has 0 aromatic carbocycles. The first-order valence-electron chi connectivity index (χ1n) is 7.07. The lowest BCUT2D eigenvalue weighted by atomic mass is 10.3. The van der Waals surface area contributed by atoms with Gasteiger partial charge in [0.2, 0.25) is 0 Å². The third-order valence-corrected chi connectivity index (χ3v) is 5.72. The Kier molecular flexibility index (Phi) is 4.36. The number of thiophene rings is 2. The highest BCUT2D eigenvalue weighted by molar-refractivity contribution is 7.28. The SMILES string of the molecule is CCCn1c2cc(C=CC=O)sc2c2sc(C=CC=O)cc21. The van der Waals surface area contributed by atoms with Crippen LogP contribution >= 0.6 is 22.7 Å². The van der Waals surface area contributed by atoms with Crippen LogP contribution in [0.2, 0.25) is 0 Å². The molecule has 0 fully saturated rings. The number of carbonyl (C=O) groups is 2. The standard InChI is InChI=1S/C17H15NO2S2/c1-2-7-18-14-10-12(5-3-8-19)21-16(14)17-15(18)11-13(22-17)6-4-9-20/h3-6,8-11H,2,7H2,1H3. The van der Waals surface area contributed by atoms with Gasteiger partial charge in [0.15, 0.2) is 0 Å². The number of rotatable bonds is 6. The van der Waals surface area contributed by atoms with Crippen LogP contribution in [0.3, 0.4) is 0 Å². The van der Waals surface area contributed by atoms with Crippen LogP contribution in [0.4, 0.5) is 0 Å². The second kappa shape index (κ2) is 6.42. The number of carbonyl (C=O) groups excluding carboxylic acids is 2. The van der Waals surface area contributed by atoms with Crippen molar-refractivity contribution in [1.82, 2.24) is 4.57 Å². The Labute approximate surface area is 136 Å². The molecule has 0 aliphatic heterocycles. The van der Waals surface area contributed by atoms with Crippen molar-refractivity contribution in [3.05, 3.63) is 34.0 Å². The van der Waals surface area contributed by atoms with Gasteiger partial charge in [-0.3, -0.25) is 9.59 Å². The van der Waals surface area contributed by atoms with Crippen LogP contribution in [0.1, 0.15) is 23.1 Å². The molecule has 0 aliphatic carbocycles. The Morgan fingerprint density at radius 2 is 1.45 bits per heavy atom. The molecule has 0 amide bonds. The van der Waals surface area contributed by atoms with Crippen molar-refractivity contribution in [2.24, 2.45) is 0 Å². The summed E-state index contributed by atoms with van der Waals surface area (Å²) >= 11 is 3.40. The maximum Gasteiger partial charge on any atom is 0.142 e. The second-order valence-electron chi connectivity index (χ2n) is 4.87. The van der Waals surface area contributed by atoms with Crippen LogP contribution in [0.5, 0.6) is 0 Å². The molecule has 22 heavy (non-hydrogen) atoms. The molecule has 3 aromatic rings. The van der Waals surface area contributed by atoms with Gasteiger partial charge in [0.1, 0.15) is 12.6 Å². The van der Waals surface area contributed by atoms with Gasteiger partial charge in [-0.05, 0) is 42.9 Å². The van der Waals surface area contributed by atoms with Crippen LogP contribution in [-0.4, -0.2) is 17.1 Å². The van der Waals surface area contributed by atoms with Gasteiger partial charge in [0, 0.05) is 16.3 Å². The summed E-state index contributed by atoms with van der Waals surface area (Å²) in [7, 11) is 0. The van der Waals surface area contributed by atoms with Gasteiger partial charge in [-0.2, -0.15) is 0 Å². The van der Waals surface area contributed by atoms with Gasteiger partial charge in [0.05, 0.1) is 20.4 Å². The van der Waals surface area contributed by atoms with E-state index < -0.39 is 0 Å². The van der Waals surface area contributed by atoms with Gasteiger partial charge < -0.3 is 4.57 Å². The molecule has 0 unspecified atom stereocenters. The normalized spacial score (nSPS) is 12.2. The van der Waals surface area contributed by atoms with E-state index in [1.54, 1.807) is 22.7 Å². The summed E-state index contributed by atoms with van der Waals surface area (Å²) in [6, 6.07) is 4.28. The largest absolute Gasteiger partial charge is 0.339 e. The van der Waals surface area contributed by atoms with Crippen molar-refractivity contribution in [2.75, 3.05) is 0 Å². The highest BCUT2D eigenvalue weighted by Gasteiger charge is 2.15. The summed E-state index contributed by atoms with van der Waals surface area (Å²) in [5.41, 5.74) is 2.45. The molecule has 3 nitrogen and oxygen atoms in total. The molecule has 3 heterocycles. The molecule has 3 aromatic heterocycles. The molecule has 5 heteroatoms. The Balaban J connectivity index is 2.21. The number of allylic oxidation sites excluding steroid dienone is 2. The number of nitrogens with zero attached hydrogens (tertiary/aromatic N) is 1. The number of aldehydes is 2. The Morgan fingerprint density at radius 1 is 0.955 bits per heavy atom. The quantitative estimate of drug-likeness (QED) is 0.483. The molecule has 112 valence electrons. The summed E-state index contributed by atoms with van der Waals surface area (Å²) < 4.78 is 4.84. The van der Waals surface area contributed by atoms with E-state index in [4.69, 9.17) is 0 Å². The third kappa shape index (κ3) is 2.58. The minimum Gasteiger partial charge on any atom is -0.339 e. The van der Waals surface area contributed by atoms with E-state index in [-0.39, 0.29) is 0 Å². The van der Waals surface area contributed by atoms with E-state index in [0.29, 0.717) is 0 Å². The van der Waals surface area contributed by atoms with Crippen molar-refractivity contribution in [3.63, 3.8) is 0 Å². The van der Waals surface area contributed by atoms with Gasteiger partial charge in [-0.25, -0.2) is 0 Å². The van der Waals surface area contributed by atoms with Gasteiger partial charge in [-0.1, -0.05) is 6.92 Å². The molecule has 0 radical (unpaired) electrons. The van der Waals surface area contributed by atoms with Crippen LogP contribution in [0.25, 0.3) is 32.6 Å². The summed E-state index contributed by atoms with van der Waals surface area (Å²) in [5.74, 6) is 0. The van der Waals surface area contributed by atoms with Crippen molar-refractivity contribution in [2.45, 2.75) is 19.9 Å². The molecule has 0 atom stereocenters. The number of aryl methyl sites for hydroxylation is 1. The molecule has 3 rings (SSSR count). The average Bonchev–Trinajstić information content (AvgIpc) is 3.17. The Hall–Kier alpha value is -1.98. The molecule has 0 spiro atoms. The number of hydrogen-bond acceptors (Lipinski definition) is 4. The van der Waals surface area contributed by atoms with Crippen LogP contribution in [0, 0.1) is 0 Å². The highest BCUT2D eigenvalue weighted by Crippen LogP contribution is 2.41. The number of fused-ring (bicyclic) bond motifs is 3. The van der Waals surface area contributed by atoms with Crippen LogP contribution in [0.15, 0.2) is 24.3 Å². The predicted octanol–water partition coefficient (Wildman–Crippen LogP) is 4.75. The van der Waals surface area contributed by atoms with E-state index in [9.17, 15) is 9.59 Å². The summed E-state index contributed by atoms with van der Waals surface area (Å²) in [4.78, 5) is 23.2. The Bertz CT molecular complexity index is 823. The topological polar surface area (TPSA) is 39.1 Å². The minimum absolute atomic E-state index is 0.799. The van der Waals surface area contributed by atoms with Crippen LogP contribution in [-0.2, 0) is 16.1 Å². The van der Waals surface area contributed by atoms with E-state index in [1.165, 1.54) is 32.6 Å². The lowest BCUT2D eigenvalue weighted by molar-refractivity contribution is -0.104. The third-order valence-electron chi connectivity index (χ3n) is 3.38. The molecular weight excluding hydrogens is 314 g/mol. The van der Waals surface area contributed by atoms with E-state index in [0.717, 1.165) is 35.3 Å². The first-order chi connectivity index (χ1) is 10.8. The van der Waals surface area contributed by atoms with Crippen molar-refractivity contribution < 1.29 is 9.59 Å². The fourth-order valence-corrected chi connectivity index (χ4v) is 4.85. The zero-order chi connectivity index (χ0) is 15.5. The summed E-state index contributed by atoms with van der Waals surface area (Å²) in [5, 5.41) is 0. The van der Waals surface area contributed by atoms with Crippen molar-refractivity contribution in [3.8, 4) is 0 Å². The second-order valence-corrected chi connectivity index (χ2v) is 7.04. The highest BCUT2D eigenvalue weighted by atomic mass is 32.1. The van der Waals surface area contributed by atoms with Crippen molar-refractivity contribution >= 4 is 67.8 Å². The van der Waals surface area contributed by atoms with Gasteiger partial charge in [0.25, 0.3) is 0 Å². The predicted molar refractivity (Wildman–Crippen MR) is 95.7 cm³/mol. The fraction of sp³-hybridized carbons (Fsp3) is 0.176. The average molecular weight is 329 g/mol. The fourth-order valence-electron chi connectivity index (χ4n) is 2.55. The summed E-state index contributed by atoms with van der Waals surface area (Å²) in [6.45, 7) is 3.12. The monoisotopic (exact) mass is 329 g/mol. The lowest BCUT2D eigenvalue weighted by Crippen LogP contribution is -1.94. The maximum atomic E-state index is 10.5. The van der Waals surface area contributed by atoms with E-state index in [2.05, 4.69) is 23.6 Å². The molecule has 0 N–H and O–H groups in total. The zero-order valence-electron chi connectivity index (χ0n) is 12.1. The molecular formula is C17H15NO2S2. The maximum absolute atomic E-state index is 10.5. The van der Waals surface area contributed by atoms with Gasteiger partial charge >= 0.3 is 0 Å². The van der Waals surface area contributed by atoms with E-state index in [1.807, 2.05) is 12.2 Å². The van der Waals surface area contributed by atoms with Crippen molar-refractivity contribution in [1.29, 1.82) is 0 Å². The van der Waals surface area contributed by atoms with Gasteiger partial charge in [-0.15, -0.1) is 22.7 Å². The molecule has 0 aliphatic rings. The zero-order valence-corrected chi connectivity index (χ0v) is 13.7. The first-order valence-corrected chi connectivity index (χ1v) is 8.71. The number of hydrogen-bond donors (Lipinski definition) is 0. The Morgan fingerprint density at radius 3 is 1.86 bits per heavy atom. The smallest absolute Gasteiger partial charge is 0.142 e. The molecule has 0 saturated carbocycles. The number of aromatic nitrogens is 1. The molecule has 0 bridgehead atoms.